The first-order valence-electron chi connectivity index (χ1n) is 8.93. The largest absolute Gasteiger partial charge is 0.378 e. The maximum atomic E-state index is 5.95. The van der Waals surface area contributed by atoms with Crippen LogP contribution in [0.1, 0.15) is 57.1 Å². The molecule has 2 N–H and O–H groups in total. The zero-order valence-corrected chi connectivity index (χ0v) is 14.6. The minimum Gasteiger partial charge on any atom is -0.378 e. The Labute approximate surface area is 140 Å². The molecular formula is C19H31N3O. The average molecular weight is 317 g/mol. The zero-order valence-electron chi connectivity index (χ0n) is 14.6. The molecule has 128 valence electrons. The minimum atomic E-state index is 0.237. The summed E-state index contributed by atoms with van der Waals surface area (Å²) in [7, 11) is 1.81. The molecule has 1 aromatic rings. The number of guanidine groups is 1. The van der Waals surface area contributed by atoms with Crippen molar-refractivity contribution >= 4 is 5.96 Å². The van der Waals surface area contributed by atoms with E-state index in [0.29, 0.717) is 6.10 Å². The van der Waals surface area contributed by atoms with Gasteiger partial charge < -0.3 is 15.4 Å². The third-order valence-electron chi connectivity index (χ3n) is 4.40. The number of hydrogen-bond donors (Lipinski definition) is 2. The quantitative estimate of drug-likeness (QED) is 0.458. The van der Waals surface area contributed by atoms with E-state index in [-0.39, 0.29) is 6.04 Å². The van der Waals surface area contributed by atoms with Gasteiger partial charge in [0.1, 0.15) is 0 Å². The molecule has 1 aliphatic carbocycles. The number of nitrogens with one attached hydrogen (secondary N) is 2. The van der Waals surface area contributed by atoms with Crippen LogP contribution in [0.5, 0.6) is 0 Å². The molecule has 1 aliphatic rings. The Bertz CT molecular complexity index is 455. The lowest BCUT2D eigenvalue weighted by atomic mass is 9.98. The number of ether oxygens (including phenoxy) is 1. The molecule has 0 saturated heterocycles. The van der Waals surface area contributed by atoms with Gasteiger partial charge in [0.15, 0.2) is 5.96 Å². The van der Waals surface area contributed by atoms with E-state index < -0.39 is 0 Å². The molecule has 1 aromatic carbocycles. The first-order valence-corrected chi connectivity index (χ1v) is 8.93. The topological polar surface area (TPSA) is 45.7 Å². The standard InChI is InChI=1S/C19H31N3O/c1-16(17-10-5-3-6-11-17)22-19(20-2)21-14-9-15-23-18-12-7-4-8-13-18/h3,5-6,10-11,16,18H,4,7-9,12-15H2,1-2H3,(H2,20,21,22). The average Bonchev–Trinajstić information content (AvgIpc) is 2.62. The van der Waals surface area contributed by atoms with E-state index in [2.05, 4.69) is 46.8 Å². The number of aliphatic imine (C=N–C) groups is 1. The summed E-state index contributed by atoms with van der Waals surface area (Å²) in [5, 5.41) is 6.79. The highest BCUT2D eigenvalue weighted by Gasteiger charge is 2.13. The lowest BCUT2D eigenvalue weighted by molar-refractivity contribution is 0.0277. The Morgan fingerprint density at radius 1 is 1.22 bits per heavy atom. The summed E-state index contributed by atoms with van der Waals surface area (Å²) in [5.74, 6) is 0.846. The van der Waals surface area contributed by atoms with Crippen molar-refractivity contribution in [3.8, 4) is 0 Å². The lowest BCUT2D eigenvalue weighted by Crippen LogP contribution is -2.39. The Morgan fingerprint density at radius 2 is 1.96 bits per heavy atom. The highest BCUT2D eigenvalue weighted by atomic mass is 16.5. The first kappa shape index (κ1) is 17.8. The molecule has 0 aliphatic heterocycles. The van der Waals surface area contributed by atoms with Crippen LogP contribution < -0.4 is 10.6 Å². The number of rotatable bonds is 7. The number of hydrogen-bond acceptors (Lipinski definition) is 2. The van der Waals surface area contributed by atoms with E-state index in [1.807, 2.05) is 13.1 Å². The van der Waals surface area contributed by atoms with Gasteiger partial charge in [0.2, 0.25) is 0 Å². The summed E-state index contributed by atoms with van der Waals surface area (Å²) in [5.41, 5.74) is 1.26. The summed E-state index contributed by atoms with van der Waals surface area (Å²) in [4.78, 5) is 4.29. The molecule has 23 heavy (non-hydrogen) atoms. The highest BCUT2D eigenvalue weighted by molar-refractivity contribution is 5.80. The monoisotopic (exact) mass is 317 g/mol. The molecule has 4 heteroatoms. The number of benzene rings is 1. The van der Waals surface area contributed by atoms with Crippen LogP contribution in [0.3, 0.4) is 0 Å². The van der Waals surface area contributed by atoms with E-state index in [9.17, 15) is 0 Å². The summed E-state index contributed by atoms with van der Waals surface area (Å²) < 4.78 is 5.95. The molecule has 0 bridgehead atoms. The van der Waals surface area contributed by atoms with Crippen LogP contribution in [0, 0.1) is 0 Å². The van der Waals surface area contributed by atoms with Gasteiger partial charge in [0, 0.05) is 20.2 Å². The fourth-order valence-corrected chi connectivity index (χ4v) is 2.99. The molecule has 1 atom stereocenters. The lowest BCUT2D eigenvalue weighted by Gasteiger charge is -2.22. The van der Waals surface area contributed by atoms with Crippen molar-refractivity contribution < 1.29 is 4.74 Å². The zero-order chi connectivity index (χ0) is 16.3. The van der Waals surface area contributed by atoms with Gasteiger partial charge >= 0.3 is 0 Å². The Balaban J connectivity index is 1.61. The third kappa shape index (κ3) is 6.61. The smallest absolute Gasteiger partial charge is 0.191 e. The minimum absolute atomic E-state index is 0.237. The SMILES string of the molecule is CN=C(NCCCOC1CCCCC1)NC(C)c1ccccc1. The van der Waals surface area contributed by atoms with Gasteiger partial charge in [-0.1, -0.05) is 49.6 Å². The second kappa shape index (κ2) is 10.3. The molecule has 1 saturated carbocycles. The Morgan fingerprint density at radius 3 is 2.65 bits per heavy atom. The van der Waals surface area contributed by atoms with Gasteiger partial charge in [-0.05, 0) is 31.7 Å². The maximum absolute atomic E-state index is 5.95. The summed E-state index contributed by atoms with van der Waals surface area (Å²) in [6.45, 7) is 3.87. The highest BCUT2D eigenvalue weighted by Crippen LogP contribution is 2.20. The second-order valence-corrected chi connectivity index (χ2v) is 6.26. The van der Waals surface area contributed by atoms with E-state index in [1.54, 1.807) is 0 Å². The summed E-state index contributed by atoms with van der Waals surface area (Å²) in [6.07, 6.45) is 8.03. The van der Waals surface area contributed by atoms with Crippen molar-refractivity contribution in [2.24, 2.45) is 4.99 Å². The normalized spacial score (nSPS) is 17.7. The predicted molar refractivity (Wildman–Crippen MR) is 96.8 cm³/mol. The van der Waals surface area contributed by atoms with Crippen LogP contribution in [0.25, 0.3) is 0 Å². The van der Waals surface area contributed by atoms with Crippen molar-refractivity contribution in [2.45, 2.75) is 57.6 Å². The van der Waals surface area contributed by atoms with Crippen molar-refractivity contribution in [3.63, 3.8) is 0 Å². The number of nitrogens with zero attached hydrogens (tertiary/aromatic N) is 1. The molecule has 0 radical (unpaired) electrons. The molecule has 4 nitrogen and oxygen atoms in total. The Hall–Kier alpha value is -1.55. The van der Waals surface area contributed by atoms with Crippen molar-refractivity contribution in [2.75, 3.05) is 20.2 Å². The van der Waals surface area contributed by atoms with Crippen molar-refractivity contribution in [1.29, 1.82) is 0 Å². The Kier molecular flexibility index (Phi) is 7.95. The van der Waals surface area contributed by atoms with Gasteiger partial charge in [-0.15, -0.1) is 0 Å². The van der Waals surface area contributed by atoms with Crippen LogP contribution in [0.2, 0.25) is 0 Å². The molecule has 0 amide bonds. The van der Waals surface area contributed by atoms with Crippen molar-refractivity contribution in [1.82, 2.24) is 10.6 Å². The summed E-state index contributed by atoms with van der Waals surface area (Å²) >= 11 is 0. The van der Waals surface area contributed by atoms with Gasteiger partial charge in [0.25, 0.3) is 0 Å². The fraction of sp³-hybridized carbons (Fsp3) is 0.632. The van der Waals surface area contributed by atoms with Crippen LogP contribution in [0.4, 0.5) is 0 Å². The van der Waals surface area contributed by atoms with Crippen LogP contribution in [0.15, 0.2) is 35.3 Å². The molecule has 0 spiro atoms. The molecule has 1 unspecified atom stereocenters. The molecule has 1 fully saturated rings. The van der Waals surface area contributed by atoms with E-state index in [0.717, 1.165) is 25.5 Å². The van der Waals surface area contributed by atoms with Gasteiger partial charge in [0.05, 0.1) is 12.1 Å². The first-order chi connectivity index (χ1) is 11.3. The van der Waals surface area contributed by atoms with Crippen molar-refractivity contribution in [3.05, 3.63) is 35.9 Å². The van der Waals surface area contributed by atoms with E-state index in [4.69, 9.17) is 4.74 Å². The summed E-state index contributed by atoms with van der Waals surface area (Å²) in [6, 6.07) is 10.7. The van der Waals surface area contributed by atoms with Crippen LogP contribution in [-0.4, -0.2) is 32.3 Å². The molecule has 0 aromatic heterocycles. The molecule has 2 rings (SSSR count). The molecule has 0 heterocycles. The van der Waals surface area contributed by atoms with Gasteiger partial charge in [-0.2, -0.15) is 0 Å². The van der Waals surface area contributed by atoms with Gasteiger partial charge in [-0.25, -0.2) is 0 Å². The fourth-order valence-electron chi connectivity index (χ4n) is 2.99. The van der Waals surface area contributed by atoms with Gasteiger partial charge in [-0.3, -0.25) is 4.99 Å². The van der Waals surface area contributed by atoms with E-state index in [1.165, 1.54) is 37.7 Å². The van der Waals surface area contributed by atoms with Crippen LogP contribution >= 0.6 is 0 Å². The van der Waals surface area contributed by atoms with E-state index >= 15 is 0 Å². The third-order valence-corrected chi connectivity index (χ3v) is 4.40. The maximum Gasteiger partial charge on any atom is 0.191 e. The van der Waals surface area contributed by atoms with Crippen LogP contribution in [-0.2, 0) is 4.74 Å². The predicted octanol–water partition coefficient (Wildman–Crippen LogP) is 3.65. The second-order valence-electron chi connectivity index (χ2n) is 6.26. The molecular weight excluding hydrogens is 286 g/mol.